The molecule has 238 valence electrons. The molecule has 2 atom stereocenters. The van der Waals surface area contributed by atoms with Crippen LogP contribution < -0.4 is 25.3 Å². The third kappa shape index (κ3) is 6.69. The molecule has 2 aliphatic heterocycles. The van der Waals surface area contributed by atoms with Gasteiger partial charge in [0.2, 0.25) is 5.91 Å². The maximum absolute atomic E-state index is 13.4. The van der Waals surface area contributed by atoms with Crippen LogP contribution in [0.25, 0.3) is 0 Å². The standard InChI is InChI=1S/C32H36F3N7O3/c1-4-31(43)39-24-15-25(28(44-3)16-27(24)40-11-12-41(20(2)18-40)23-8-9-23)38-29-17-30(37-19-36-29)42-26(10-13-45-42)21-6-5-7-22(14-21)32(33,34)35/h4-7,14-17,19-20,23,26H,1,8-13,18H2,2-3H3,(H,39,43)(H,36,37,38). The first-order valence-corrected chi connectivity index (χ1v) is 15.0. The number of piperazine rings is 1. The number of benzene rings is 2. The number of aromatic nitrogens is 2. The van der Waals surface area contributed by atoms with Crippen molar-refractivity contribution in [2.24, 2.45) is 0 Å². The number of nitrogens with one attached hydrogen (secondary N) is 2. The highest BCUT2D eigenvalue weighted by Gasteiger charge is 2.36. The van der Waals surface area contributed by atoms with E-state index >= 15 is 0 Å². The molecule has 0 bridgehead atoms. The summed E-state index contributed by atoms with van der Waals surface area (Å²) in [5.74, 6) is 0.981. The summed E-state index contributed by atoms with van der Waals surface area (Å²) in [6.07, 6.45) is 1.11. The first-order valence-electron chi connectivity index (χ1n) is 15.0. The molecule has 2 aromatic carbocycles. The molecule has 2 unspecified atom stereocenters. The minimum absolute atomic E-state index is 0.322. The first-order chi connectivity index (χ1) is 21.6. The summed E-state index contributed by atoms with van der Waals surface area (Å²) in [5, 5.41) is 7.72. The van der Waals surface area contributed by atoms with Gasteiger partial charge in [0.25, 0.3) is 0 Å². The summed E-state index contributed by atoms with van der Waals surface area (Å²) in [4.78, 5) is 31.8. The summed E-state index contributed by atoms with van der Waals surface area (Å²) in [7, 11) is 1.57. The van der Waals surface area contributed by atoms with Crippen LogP contribution in [0.4, 0.5) is 41.9 Å². The lowest BCUT2D eigenvalue weighted by atomic mass is 10.0. The van der Waals surface area contributed by atoms with Crippen LogP contribution in [0.3, 0.4) is 0 Å². The van der Waals surface area contributed by atoms with Gasteiger partial charge in [-0.2, -0.15) is 13.2 Å². The van der Waals surface area contributed by atoms with Crippen molar-refractivity contribution in [2.45, 2.75) is 50.5 Å². The SMILES string of the molecule is C=CC(=O)Nc1cc(Nc2cc(N3OCCC3c3cccc(C(F)(F)F)c3)ncn2)c(OC)cc1N1CCN(C2CC2)C(C)C1. The lowest BCUT2D eigenvalue weighted by molar-refractivity contribution is -0.137. The van der Waals surface area contributed by atoms with E-state index in [1.165, 1.54) is 36.4 Å². The monoisotopic (exact) mass is 623 g/mol. The lowest BCUT2D eigenvalue weighted by Gasteiger charge is -2.42. The van der Waals surface area contributed by atoms with Crippen LogP contribution in [0.1, 0.15) is 43.4 Å². The van der Waals surface area contributed by atoms with Crippen LogP contribution in [0.5, 0.6) is 5.75 Å². The van der Waals surface area contributed by atoms with E-state index in [4.69, 9.17) is 9.57 Å². The molecule has 13 heteroatoms. The molecule has 3 aliphatic rings. The van der Waals surface area contributed by atoms with Gasteiger partial charge < -0.3 is 20.3 Å². The molecule has 3 fully saturated rings. The van der Waals surface area contributed by atoms with E-state index in [0.717, 1.165) is 37.5 Å². The third-order valence-corrected chi connectivity index (χ3v) is 8.44. The molecular weight excluding hydrogens is 587 g/mol. The topological polar surface area (TPSA) is 95.1 Å². The van der Waals surface area contributed by atoms with Crippen molar-refractivity contribution in [3.63, 3.8) is 0 Å². The van der Waals surface area contributed by atoms with Gasteiger partial charge in [-0.05, 0) is 49.6 Å². The second-order valence-electron chi connectivity index (χ2n) is 11.5. The lowest BCUT2D eigenvalue weighted by Crippen LogP contribution is -2.52. The Hall–Kier alpha value is -4.36. The number of methoxy groups -OCH3 is 1. The van der Waals surface area contributed by atoms with Gasteiger partial charge in [0.1, 0.15) is 17.9 Å². The number of hydroxylamine groups is 1. The number of ether oxygens (including phenoxy) is 1. The maximum atomic E-state index is 13.4. The van der Waals surface area contributed by atoms with E-state index in [2.05, 4.69) is 43.9 Å². The second-order valence-corrected chi connectivity index (χ2v) is 11.5. The highest BCUT2D eigenvalue weighted by Crippen LogP contribution is 2.41. The highest BCUT2D eigenvalue weighted by molar-refractivity contribution is 6.02. The fraction of sp³-hybridized carbons (Fsp3) is 0.406. The first kappa shape index (κ1) is 30.7. The van der Waals surface area contributed by atoms with Crippen molar-refractivity contribution in [1.82, 2.24) is 14.9 Å². The summed E-state index contributed by atoms with van der Waals surface area (Å²) < 4.78 is 46.0. The zero-order chi connectivity index (χ0) is 31.7. The Morgan fingerprint density at radius 2 is 1.93 bits per heavy atom. The zero-order valence-electron chi connectivity index (χ0n) is 25.2. The molecule has 2 N–H and O–H groups in total. The minimum atomic E-state index is -4.45. The summed E-state index contributed by atoms with van der Waals surface area (Å²) in [6.45, 7) is 8.71. The van der Waals surface area contributed by atoms with Gasteiger partial charge in [-0.3, -0.25) is 14.5 Å². The Balaban J connectivity index is 1.27. The van der Waals surface area contributed by atoms with Crippen molar-refractivity contribution >= 4 is 34.6 Å². The number of nitrogens with zero attached hydrogens (tertiary/aromatic N) is 5. The van der Waals surface area contributed by atoms with Crippen molar-refractivity contribution < 1.29 is 27.5 Å². The Kier molecular flexibility index (Phi) is 8.56. The van der Waals surface area contributed by atoms with Crippen LogP contribution in [-0.2, 0) is 15.8 Å². The van der Waals surface area contributed by atoms with Crippen molar-refractivity contribution in [3.8, 4) is 5.75 Å². The third-order valence-electron chi connectivity index (χ3n) is 8.44. The normalized spacial score (nSPS) is 20.6. The highest BCUT2D eigenvalue weighted by atomic mass is 19.4. The number of hydrogen-bond donors (Lipinski definition) is 2. The molecule has 0 radical (unpaired) electrons. The summed E-state index contributed by atoms with van der Waals surface area (Å²) >= 11 is 0. The maximum Gasteiger partial charge on any atom is 0.416 e. The van der Waals surface area contributed by atoms with Gasteiger partial charge in [0.15, 0.2) is 5.82 Å². The molecule has 0 spiro atoms. The molecular formula is C32H36F3N7O3. The van der Waals surface area contributed by atoms with Crippen LogP contribution in [-0.4, -0.2) is 66.2 Å². The average Bonchev–Trinajstić information content (AvgIpc) is 3.75. The van der Waals surface area contributed by atoms with Crippen LogP contribution in [0.15, 0.2) is 61.4 Å². The van der Waals surface area contributed by atoms with E-state index < -0.39 is 17.8 Å². The van der Waals surface area contributed by atoms with Crippen molar-refractivity contribution in [3.05, 3.63) is 72.6 Å². The molecule has 1 aromatic heterocycles. The fourth-order valence-corrected chi connectivity index (χ4v) is 6.11. The van der Waals surface area contributed by atoms with Gasteiger partial charge in [0, 0.05) is 50.3 Å². The zero-order valence-corrected chi connectivity index (χ0v) is 25.2. The number of rotatable bonds is 9. The Bertz CT molecular complexity index is 1570. The molecule has 6 rings (SSSR count). The van der Waals surface area contributed by atoms with Crippen molar-refractivity contribution in [2.75, 3.05) is 53.9 Å². The van der Waals surface area contributed by atoms with E-state index in [0.29, 0.717) is 59.4 Å². The van der Waals surface area contributed by atoms with Crippen LogP contribution in [0.2, 0.25) is 0 Å². The number of anilines is 5. The predicted molar refractivity (Wildman–Crippen MR) is 166 cm³/mol. The smallest absolute Gasteiger partial charge is 0.416 e. The Labute approximate surface area is 259 Å². The van der Waals surface area contributed by atoms with Gasteiger partial charge >= 0.3 is 6.18 Å². The largest absolute Gasteiger partial charge is 0.494 e. The molecule has 3 aromatic rings. The van der Waals surface area contributed by atoms with E-state index in [1.54, 1.807) is 25.3 Å². The molecule has 1 amide bonds. The quantitative estimate of drug-likeness (QED) is 0.282. The van der Waals surface area contributed by atoms with E-state index in [-0.39, 0.29) is 5.91 Å². The van der Waals surface area contributed by atoms with E-state index in [9.17, 15) is 18.0 Å². The van der Waals surface area contributed by atoms with Crippen LogP contribution in [0, 0.1) is 0 Å². The molecule has 10 nitrogen and oxygen atoms in total. The number of amides is 1. The van der Waals surface area contributed by atoms with Gasteiger partial charge in [-0.25, -0.2) is 15.0 Å². The van der Waals surface area contributed by atoms with Crippen molar-refractivity contribution in [1.29, 1.82) is 0 Å². The Morgan fingerprint density at radius 3 is 2.64 bits per heavy atom. The average molecular weight is 624 g/mol. The van der Waals surface area contributed by atoms with Gasteiger partial charge in [-0.15, -0.1) is 0 Å². The molecule has 1 aliphatic carbocycles. The minimum Gasteiger partial charge on any atom is -0.494 e. The summed E-state index contributed by atoms with van der Waals surface area (Å²) in [5.41, 5.74) is 1.74. The van der Waals surface area contributed by atoms with E-state index in [1.807, 2.05) is 6.07 Å². The summed E-state index contributed by atoms with van der Waals surface area (Å²) in [6, 6.07) is 11.2. The molecule has 45 heavy (non-hydrogen) atoms. The fourth-order valence-electron chi connectivity index (χ4n) is 6.11. The number of alkyl halides is 3. The molecule has 2 saturated heterocycles. The number of carbonyl (C=O) groups is 1. The predicted octanol–water partition coefficient (Wildman–Crippen LogP) is 5.93. The molecule has 1 saturated carbocycles. The number of carbonyl (C=O) groups excluding carboxylic acids is 1. The molecule has 3 heterocycles. The van der Waals surface area contributed by atoms with Crippen LogP contribution >= 0.6 is 0 Å². The number of hydrogen-bond acceptors (Lipinski definition) is 9. The number of halogens is 3. The second kappa shape index (κ2) is 12.6. The van der Waals surface area contributed by atoms with Gasteiger partial charge in [0.05, 0.1) is 42.4 Å². The Morgan fingerprint density at radius 1 is 1.11 bits per heavy atom. The van der Waals surface area contributed by atoms with Gasteiger partial charge in [-0.1, -0.05) is 18.7 Å².